The molecule has 0 aromatic carbocycles. The van der Waals surface area contributed by atoms with Crippen molar-refractivity contribution in [3.63, 3.8) is 0 Å². The topological polar surface area (TPSA) is 142 Å². The summed E-state index contributed by atoms with van der Waals surface area (Å²) in [4.78, 5) is 0. The van der Waals surface area contributed by atoms with Crippen molar-refractivity contribution < 1.29 is 35.7 Å². The summed E-state index contributed by atoms with van der Waals surface area (Å²) in [7, 11) is 0. The zero-order valence-electron chi connectivity index (χ0n) is 6.72. The minimum atomic E-state index is -2.23. The minimum Gasteiger partial charge on any atom is -0.394 e. The summed E-state index contributed by atoms with van der Waals surface area (Å²) in [6, 6.07) is 0. The summed E-state index contributed by atoms with van der Waals surface area (Å²) in [5.74, 6) is 0. The Morgan fingerprint density at radius 3 is 1.46 bits per heavy atom. The first-order chi connectivity index (χ1) is 5.91. The van der Waals surface area contributed by atoms with E-state index in [9.17, 15) is 0 Å². The first-order valence-corrected chi connectivity index (χ1v) is 3.61. The first kappa shape index (κ1) is 12.7. The molecule has 0 saturated carbocycles. The van der Waals surface area contributed by atoms with Gasteiger partial charge < -0.3 is 35.7 Å². The van der Waals surface area contributed by atoms with Gasteiger partial charge in [0, 0.05) is 0 Å². The van der Waals surface area contributed by atoms with Crippen LogP contribution in [-0.2, 0) is 0 Å². The molecule has 7 N–H and O–H groups in total. The zero-order valence-corrected chi connectivity index (χ0v) is 6.72. The van der Waals surface area contributed by atoms with Gasteiger partial charge in [0.05, 0.1) is 6.61 Å². The standard InChI is InChI=1S/C6H14O7/c7-1-2(8)3(9)4(10)5(11)6(12)13/h2-13H,1H2. The van der Waals surface area contributed by atoms with E-state index in [0.717, 1.165) is 0 Å². The Kier molecular flexibility index (Phi) is 5.33. The smallest absolute Gasteiger partial charge is 0.180 e. The van der Waals surface area contributed by atoms with E-state index in [2.05, 4.69) is 0 Å². The van der Waals surface area contributed by atoms with Crippen molar-refractivity contribution in [3.05, 3.63) is 0 Å². The number of rotatable bonds is 5. The van der Waals surface area contributed by atoms with Crippen molar-refractivity contribution in [3.8, 4) is 0 Å². The van der Waals surface area contributed by atoms with Crippen LogP contribution in [-0.4, -0.2) is 73.1 Å². The van der Waals surface area contributed by atoms with Gasteiger partial charge in [0.25, 0.3) is 0 Å². The second-order valence-corrected chi connectivity index (χ2v) is 2.64. The lowest BCUT2D eigenvalue weighted by Crippen LogP contribution is -2.49. The van der Waals surface area contributed by atoms with Gasteiger partial charge in [-0.25, -0.2) is 0 Å². The first-order valence-electron chi connectivity index (χ1n) is 3.61. The average molecular weight is 198 g/mol. The molecule has 4 unspecified atom stereocenters. The van der Waals surface area contributed by atoms with E-state index in [1.165, 1.54) is 0 Å². The van der Waals surface area contributed by atoms with E-state index in [1.54, 1.807) is 0 Å². The normalized spacial score (nSPS) is 21.2. The van der Waals surface area contributed by atoms with Crippen LogP contribution < -0.4 is 0 Å². The maximum absolute atomic E-state index is 8.97. The maximum Gasteiger partial charge on any atom is 0.180 e. The molecule has 0 amide bonds. The van der Waals surface area contributed by atoms with Gasteiger partial charge in [-0.1, -0.05) is 0 Å². The van der Waals surface area contributed by atoms with Gasteiger partial charge >= 0.3 is 0 Å². The van der Waals surface area contributed by atoms with Crippen molar-refractivity contribution in [2.45, 2.75) is 30.7 Å². The molecule has 7 nitrogen and oxygen atoms in total. The lowest BCUT2D eigenvalue weighted by molar-refractivity contribution is -0.190. The number of aliphatic hydroxyl groups excluding tert-OH is 6. The second kappa shape index (κ2) is 5.45. The van der Waals surface area contributed by atoms with Crippen molar-refractivity contribution in [1.82, 2.24) is 0 Å². The molecule has 0 aliphatic heterocycles. The van der Waals surface area contributed by atoms with E-state index >= 15 is 0 Å². The molecule has 7 heteroatoms. The fourth-order valence-electron chi connectivity index (χ4n) is 0.714. The van der Waals surface area contributed by atoms with Gasteiger partial charge in [0.1, 0.15) is 24.4 Å². The zero-order chi connectivity index (χ0) is 10.6. The number of hydrogen-bond donors (Lipinski definition) is 7. The van der Waals surface area contributed by atoms with Crippen LogP contribution in [0.5, 0.6) is 0 Å². The van der Waals surface area contributed by atoms with Crippen LogP contribution in [0.15, 0.2) is 0 Å². The highest BCUT2D eigenvalue weighted by atomic mass is 16.5. The van der Waals surface area contributed by atoms with E-state index < -0.39 is 37.3 Å². The van der Waals surface area contributed by atoms with Crippen molar-refractivity contribution in [2.24, 2.45) is 0 Å². The highest BCUT2D eigenvalue weighted by Gasteiger charge is 2.33. The molecule has 0 fully saturated rings. The fraction of sp³-hybridized carbons (Fsp3) is 1.00. The van der Waals surface area contributed by atoms with Crippen molar-refractivity contribution in [1.29, 1.82) is 0 Å². The molecule has 0 aliphatic rings. The molecule has 0 aliphatic carbocycles. The number of hydrogen-bond acceptors (Lipinski definition) is 7. The molecule has 0 spiro atoms. The van der Waals surface area contributed by atoms with Crippen LogP contribution in [0.2, 0.25) is 0 Å². The van der Waals surface area contributed by atoms with E-state index in [4.69, 9.17) is 35.7 Å². The highest BCUT2D eigenvalue weighted by Crippen LogP contribution is 2.06. The Labute approximate surface area is 74.1 Å². The Morgan fingerprint density at radius 2 is 1.15 bits per heavy atom. The summed E-state index contributed by atoms with van der Waals surface area (Å²) in [6.45, 7) is -0.813. The Balaban J connectivity index is 4.15. The van der Waals surface area contributed by atoms with Gasteiger partial charge in [-0.3, -0.25) is 0 Å². The summed E-state index contributed by atoms with van der Waals surface area (Å²) in [5.41, 5.74) is 0. The molecule has 13 heavy (non-hydrogen) atoms. The summed E-state index contributed by atoms with van der Waals surface area (Å²) < 4.78 is 0. The SMILES string of the molecule is OCC(O)C(O)C(O)C(O)C(O)O. The fourth-order valence-corrected chi connectivity index (χ4v) is 0.714. The minimum absolute atomic E-state index is 0.813. The molecule has 0 aromatic rings. The predicted molar refractivity (Wildman–Crippen MR) is 39.3 cm³/mol. The Hall–Kier alpha value is -0.280. The van der Waals surface area contributed by atoms with Gasteiger partial charge in [-0.15, -0.1) is 0 Å². The van der Waals surface area contributed by atoms with Gasteiger partial charge in [-0.05, 0) is 0 Å². The molecule has 0 saturated heterocycles. The van der Waals surface area contributed by atoms with Crippen molar-refractivity contribution in [2.75, 3.05) is 6.61 Å². The molecule has 4 atom stereocenters. The summed E-state index contributed by atoms with van der Waals surface area (Å²) in [6.07, 6.45) is -9.67. The average Bonchev–Trinajstić information content (AvgIpc) is 2.12. The van der Waals surface area contributed by atoms with E-state index in [0.29, 0.717) is 0 Å². The molecular weight excluding hydrogens is 184 g/mol. The monoisotopic (exact) mass is 198 g/mol. The van der Waals surface area contributed by atoms with Gasteiger partial charge in [0.2, 0.25) is 0 Å². The molecule has 0 rings (SSSR count). The van der Waals surface area contributed by atoms with Crippen molar-refractivity contribution >= 4 is 0 Å². The molecule has 80 valence electrons. The molecule has 0 bridgehead atoms. The quantitative estimate of drug-likeness (QED) is 0.222. The lowest BCUT2D eigenvalue weighted by Gasteiger charge is -2.26. The Bertz CT molecular complexity index is 139. The van der Waals surface area contributed by atoms with E-state index in [-0.39, 0.29) is 0 Å². The molecule has 0 radical (unpaired) electrons. The Morgan fingerprint density at radius 1 is 0.692 bits per heavy atom. The van der Waals surface area contributed by atoms with Gasteiger partial charge in [0.15, 0.2) is 6.29 Å². The molecular formula is C6H14O7. The third kappa shape index (κ3) is 3.53. The summed E-state index contributed by atoms with van der Waals surface area (Å²) in [5, 5.41) is 60.6. The third-order valence-electron chi connectivity index (χ3n) is 1.59. The second-order valence-electron chi connectivity index (χ2n) is 2.64. The van der Waals surface area contributed by atoms with Crippen LogP contribution in [0.25, 0.3) is 0 Å². The van der Waals surface area contributed by atoms with Crippen LogP contribution in [0.4, 0.5) is 0 Å². The van der Waals surface area contributed by atoms with Gasteiger partial charge in [-0.2, -0.15) is 0 Å². The van der Waals surface area contributed by atoms with Crippen LogP contribution in [0.1, 0.15) is 0 Å². The van der Waals surface area contributed by atoms with E-state index in [1.807, 2.05) is 0 Å². The maximum atomic E-state index is 8.97. The third-order valence-corrected chi connectivity index (χ3v) is 1.59. The summed E-state index contributed by atoms with van der Waals surface area (Å²) >= 11 is 0. The lowest BCUT2D eigenvalue weighted by atomic mass is 10.0. The van der Waals surface area contributed by atoms with Crippen LogP contribution >= 0.6 is 0 Å². The molecule has 0 heterocycles. The largest absolute Gasteiger partial charge is 0.394 e. The predicted octanol–water partition coefficient (Wildman–Crippen LogP) is -4.27. The molecule has 0 aromatic heterocycles. The van der Waals surface area contributed by atoms with Crippen LogP contribution in [0.3, 0.4) is 0 Å². The van der Waals surface area contributed by atoms with Crippen LogP contribution in [0, 0.1) is 0 Å². The number of aliphatic hydroxyl groups is 7. The highest BCUT2D eigenvalue weighted by molar-refractivity contribution is 4.81.